The molecule has 0 saturated carbocycles. The Morgan fingerprint density at radius 2 is 1.71 bits per heavy atom. The van der Waals surface area contributed by atoms with Crippen LogP contribution < -0.4 is 5.73 Å². The van der Waals surface area contributed by atoms with Gasteiger partial charge in [-0.25, -0.2) is 0 Å². The van der Waals surface area contributed by atoms with Crippen LogP contribution in [0.3, 0.4) is 0 Å². The van der Waals surface area contributed by atoms with E-state index in [-0.39, 0.29) is 0 Å². The summed E-state index contributed by atoms with van der Waals surface area (Å²) in [5.41, 5.74) is 8.09. The fourth-order valence-corrected chi connectivity index (χ4v) is 1.40. The second-order valence-corrected chi connectivity index (χ2v) is 3.78. The van der Waals surface area contributed by atoms with E-state index in [9.17, 15) is 0 Å². The molecule has 14 heavy (non-hydrogen) atoms. The molecule has 0 bridgehead atoms. The number of rotatable bonds is 5. The second kappa shape index (κ2) is 5.78. The lowest BCUT2D eigenvalue weighted by molar-refractivity contribution is 0.402. The second-order valence-electron chi connectivity index (χ2n) is 3.78. The first-order chi connectivity index (χ1) is 6.72. The van der Waals surface area contributed by atoms with Gasteiger partial charge in [0.2, 0.25) is 0 Å². The Morgan fingerprint density at radius 1 is 1.14 bits per heavy atom. The number of nitrogens with zero attached hydrogens (tertiary/aromatic N) is 1. The van der Waals surface area contributed by atoms with Gasteiger partial charge in [0.25, 0.3) is 0 Å². The third-order valence-electron chi connectivity index (χ3n) is 2.07. The van der Waals surface area contributed by atoms with Gasteiger partial charge in [-0.3, -0.25) is 0 Å². The molecular weight excluding hydrogens is 172 g/mol. The highest BCUT2D eigenvalue weighted by Gasteiger charge is 1.96. The van der Waals surface area contributed by atoms with Crippen LogP contribution in [-0.2, 0) is 13.0 Å². The van der Waals surface area contributed by atoms with Crippen molar-refractivity contribution in [3.05, 3.63) is 41.8 Å². The number of benzene rings is 1. The fourth-order valence-electron chi connectivity index (χ4n) is 1.40. The van der Waals surface area contributed by atoms with E-state index in [2.05, 4.69) is 49.7 Å². The van der Waals surface area contributed by atoms with E-state index >= 15 is 0 Å². The van der Waals surface area contributed by atoms with Crippen LogP contribution in [0.4, 0.5) is 0 Å². The third-order valence-corrected chi connectivity index (χ3v) is 2.07. The third kappa shape index (κ3) is 3.90. The molecule has 0 aromatic heterocycles. The van der Waals surface area contributed by atoms with Crippen molar-refractivity contribution in [3.63, 3.8) is 0 Å². The molecule has 0 heterocycles. The van der Waals surface area contributed by atoms with Crippen molar-refractivity contribution in [1.29, 1.82) is 0 Å². The van der Waals surface area contributed by atoms with Crippen LogP contribution >= 0.6 is 0 Å². The predicted octanol–water partition coefficient (Wildman–Crippen LogP) is 1.45. The zero-order valence-corrected chi connectivity index (χ0v) is 9.03. The summed E-state index contributed by atoms with van der Waals surface area (Å²) in [7, 11) is 4.16. The molecule has 77 valence electrons. The van der Waals surface area contributed by atoms with Gasteiger partial charge in [-0.15, -0.1) is 0 Å². The molecule has 2 N–H and O–H groups in total. The van der Waals surface area contributed by atoms with Crippen LogP contribution in [0.5, 0.6) is 0 Å². The van der Waals surface area contributed by atoms with Gasteiger partial charge in [0.1, 0.15) is 0 Å². The van der Waals surface area contributed by atoms with E-state index in [0.717, 1.165) is 13.0 Å². The van der Waals surface area contributed by atoms with Gasteiger partial charge in [-0.1, -0.05) is 24.3 Å². The van der Waals surface area contributed by atoms with Crippen molar-refractivity contribution < 1.29 is 0 Å². The van der Waals surface area contributed by atoms with Crippen LogP contribution in [0.2, 0.25) is 0 Å². The molecule has 0 spiro atoms. The normalized spacial score (nSPS) is 10.9. The maximum Gasteiger partial charge on any atom is 0.0227 e. The SMILES string of the molecule is CN(C)Cc1ccc(C[CH]CN)cc1. The molecule has 0 unspecified atom stereocenters. The first-order valence-corrected chi connectivity index (χ1v) is 4.96. The van der Waals surface area contributed by atoms with Gasteiger partial charge in [0.15, 0.2) is 0 Å². The van der Waals surface area contributed by atoms with Gasteiger partial charge < -0.3 is 10.6 Å². The highest BCUT2D eigenvalue weighted by Crippen LogP contribution is 2.07. The monoisotopic (exact) mass is 191 g/mol. The first-order valence-electron chi connectivity index (χ1n) is 4.96. The lowest BCUT2D eigenvalue weighted by Crippen LogP contribution is -2.10. The summed E-state index contributed by atoms with van der Waals surface area (Å²) in [6.45, 7) is 1.65. The van der Waals surface area contributed by atoms with E-state index in [1.165, 1.54) is 11.1 Å². The van der Waals surface area contributed by atoms with E-state index < -0.39 is 0 Å². The summed E-state index contributed by atoms with van der Waals surface area (Å²) in [6.07, 6.45) is 3.06. The molecule has 2 nitrogen and oxygen atoms in total. The number of nitrogens with two attached hydrogens (primary N) is 1. The minimum absolute atomic E-state index is 0.652. The van der Waals surface area contributed by atoms with E-state index in [1.807, 2.05) is 0 Å². The van der Waals surface area contributed by atoms with Crippen LogP contribution in [0.25, 0.3) is 0 Å². The molecule has 0 amide bonds. The quantitative estimate of drug-likeness (QED) is 0.763. The highest BCUT2D eigenvalue weighted by atomic mass is 15.0. The van der Waals surface area contributed by atoms with Gasteiger partial charge >= 0.3 is 0 Å². The fraction of sp³-hybridized carbons (Fsp3) is 0.417. The van der Waals surface area contributed by atoms with E-state index in [0.29, 0.717) is 6.54 Å². The highest BCUT2D eigenvalue weighted by molar-refractivity contribution is 5.23. The Bertz CT molecular complexity index is 252. The standard InChI is InChI=1S/C12H19N2/c1-14(2)10-12-7-5-11(6-8-12)4-3-9-13/h3,5-8H,4,9-10,13H2,1-2H3. The number of hydrogen-bond acceptors (Lipinski definition) is 2. The van der Waals surface area contributed by atoms with Gasteiger partial charge in [-0.05, 0) is 44.6 Å². The molecule has 0 atom stereocenters. The van der Waals surface area contributed by atoms with Crippen molar-refractivity contribution in [1.82, 2.24) is 4.90 Å². The lowest BCUT2D eigenvalue weighted by atomic mass is 10.1. The maximum atomic E-state index is 5.41. The molecule has 0 saturated heterocycles. The average molecular weight is 191 g/mol. The van der Waals surface area contributed by atoms with Crippen LogP contribution in [-0.4, -0.2) is 25.5 Å². The van der Waals surface area contributed by atoms with Crippen molar-refractivity contribution in [3.8, 4) is 0 Å². The van der Waals surface area contributed by atoms with Crippen molar-refractivity contribution >= 4 is 0 Å². The van der Waals surface area contributed by atoms with E-state index in [1.54, 1.807) is 0 Å². The topological polar surface area (TPSA) is 29.3 Å². The van der Waals surface area contributed by atoms with Crippen molar-refractivity contribution in [2.24, 2.45) is 5.73 Å². The summed E-state index contributed by atoms with van der Waals surface area (Å²) in [4.78, 5) is 2.17. The molecule has 1 rings (SSSR count). The smallest absolute Gasteiger partial charge is 0.0227 e. The molecule has 1 aromatic rings. The molecule has 0 fully saturated rings. The molecule has 2 heteroatoms. The Hall–Kier alpha value is -0.860. The van der Waals surface area contributed by atoms with Crippen LogP contribution in [0, 0.1) is 6.42 Å². The zero-order valence-electron chi connectivity index (χ0n) is 9.03. The predicted molar refractivity (Wildman–Crippen MR) is 60.9 cm³/mol. The van der Waals surface area contributed by atoms with Gasteiger partial charge in [0.05, 0.1) is 0 Å². The van der Waals surface area contributed by atoms with Crippen molar-refractivity contribution in [2.45, 2.75) is 13.0 Å². The number of hydrogen-bond donors (Lipinski definition) is 1. The Kier molecular flexibility index (Phi) is 4.63. The maximum absolute atomic E-state index is 5.41. The average Bonchev–Trinajstić information content (AvgIpc) is 2.16. The first kappa shape index (κ1) is 11.2. The molecule has 0 aliphatic rings. The Labute approximate surface area is 86.7 Å². The molecule has 1 aromatic carbocycles. The minimum Gasteiger partial charge on any atom is -0.330 e. The molecule has 1 radical (unpaired) electrons. The molecule has 0 aliphatic carbocycles. The molecule has 0 aliphatic heterocycles. The minimum atomic E-state index is 0.652. The lowest BCUT2D eigenvalue weighted by Gasteiger charge is -2.09. The summed E-state index contributed by atoms with van der Waals surface area (Å²) in [5.74, 6) is 0. The van der Waals surface area contributed by atoms with Crippen LogP contribution in [0.15, 0.2) is 24.3 Å². The van der Waals surface area contributed by atoms with E-state index in [4.69, 9.17) is 5.73 Å². The Balaban J connectivity index is 2.50. The summed E-state index contributed by atoms with van der Waals surface area (Å²) in [5, 5.41) is 0. The summed E-state index contributed by atoms with van der Waals surface area (Å²) in [6, 6.07) is 8.70. The van der Waals surface area contributed by atoms with Crippen molar-refractivity contribution in [2.75, 3.05) is 20.6 Å². The summed E-state index contributed by atoms with van der Waals surface area (Å²) < 4.78 is 0. The summed E-state index contributed by atoms with van der Waals surface area (Å²) >= 11 is 0. The van der Waals surface area contributed by atoms with Crippen LogP contribution in [0.1, 0.15) is 11.1 Å². The molecular formula is C12H19N2. The Morgan fingerprint density at radius 3 is 2.21 bits per heavy atom. The zero-order chi connectivity index (χ0) is 10.4. The van der Waals surface area contributed by atoms with Gasteiger partial charge in [0, 0.05) is 6.54 Å². The largest absolute Gasteiger partial charge is 0.330 e. The van der Waals surface area contributed by atoms with Gasteiger partial charge in [-0.2, -0.15) is 0 Å².